The van der Waals surface area contributed by atoms with Crippen LogP contribution in [-0.2, 0) is 43.3 Å². The van der Waals surface area contributed by atoms with Crippen LogP contribution in [0, 0.1) is 17.8 Å². The Labute approximate surface area is 293 Å². The van der Waals surface area contributed by atoms with Crippen LogP contribution in [0.2, 0.25) is 0 Å². The number of benzene rings is 2. The first-order chi connectivity index (χ1) is 24.1. The third-order valence-corrected chi connectivity index (χ3v) is 10.6. The first-order valence-corrected chi connectivity index (χ1v) is 17.4. The van der Waals surface area contributed by atoms with Crippen molar-refractivity contribution in [2.45, 2.75) is 76.1 Å². The van der Waals surface area contributed by atoms with Crippen LogP contribution in [-0.4, -0.2) is 91.3 Å². The summed E-state index contributed by atoms with van der Waals surface area (Å²) < 4.78 is 16.7. The standard InChI is InChI=1S/C34H45N3O5.C4H4O4/c1-40-28-9-5-7-26-32(28)36-31-25(33(26)38)6-4-8-27(31)34(39)35-24-12-10-21(11-13-24)14-16-37-17-15-22-18-29(41-2)30(42-3)19-23(22)20-37;5-3(6)1-2-4(7)8/h10-13,18-19,25-28,31-32,36H,4-9,14-17,20H2,1-3H3,(H,35,39);1-2H,(H,5,6)(H,7,8). The van der Waals surface area contributed by atoms with Crippen LogP contribution in [0.1, 0.15) is 55.2 Å². The number of carboxylic acids is 2. The van der Waals surface area contributed by atoms with E-state index in [-0.39, 0.29) is 41.8 Å². The number of methoxy groups -OCH3 is 3. The van der Waals surface area contributed by atoms with E-state index in [4.69, 9.17) is 24.4 Å². The zero-order chi connectivity index (χ0) is 35.8. The number of nitrogens with one attached hydrogen (secondary N) is 2. The fraction of sp³-hybridized carbons (Fsp3) is 0.526. The van der Waals surface area contributed by atoms with Crippen molar-refractivity contribution in [3.8, 4) is 11.5 Å². The molecule has 1 amide bonds. The summed E-state index contributed by atoms with van der Waals surface area (Å²) in [4.78, 5) is 48.6. The molecule has 0 bridgehead atoms. The topological polar surface area (TPSA) is 164 Å². The van der Waals surface area contributed by atoms with Crippen LogP contribution in [0.4, 0.5) is 5.69 Å². The van der Waals surface area contributed by atoms with Gasteiger partial charge >= 0.3 is 11.9 Å². The maximum Gasteiger partial charge on any atom is 0.328 e. The van der Waals surface area contributed by atoms with E-state index in [1.807, 2.05) is 12.1 Å². The summed E-state index contributed by atoms with van der Waals surface area (Å²) in [5.41, 5.74) is 4.69. The molecule has 6 atom stereocenters. The lowest BCUT2D eigenvalue weighted by atomic mass is 9.64. The smallest absolute Gasteiger partial charge is 0.328 e. The molecule has 270 valence electrons. The predicted octanol–water partition coefficient (Wildman–Crippen LogP) is 4.10. The van der Waals surface area contributed by atoms with Gasteiger partial charge < -0.3 is 35.1 Å². The first-order valence-electron chi connectivity index (χ1n) is 17.4. The molecule has 4 N–H and O–H groups in total. The Hall–Kier alpha value is -4.26. The Morgan fingerprint density at radius 1 is 0.880 bits per heavy atom. The molecule has 2 aliphatic carbocycles. The number of carbonyl (C=O) groups excluding carboxylic acids is 2. The second-order valence-corrected chi connectivity index (χ2v) is 13.5. The number of ketones is 1. The van der Waals surface area contributed by atoms with Crippen molar-refractivity contribution in [3.63, 3.8) is 0 Å². The number of ether oxygens (including phenoxy) is 3. The van der Waals surface area contributed by atoms with Gasteiger partial charge in [-0.15, -0.1) is 0 Å². The summed E-state index contributed by atoms with van der Waals surface area (Å²) in [6, 6.07) is 12.4. The Bertz CT molecular complexity index is 1540. The van der Waals surface area contributed by atoms with Gasteiger partial charge in [0.05, 0.1) is 26.2 Å². The van der Waals surface area contributed by atoms with E-state index in [9.17, 15) is 19.2 Å². The number of nitrogens with zero attached hydrogens (tertiary/aromatic N) is 1. The van der Waals surface area contributed by atoms with Crippen molar-refractivity contribution in [3.05, 3.63) is 65.2 Å². The normalized spacial score (nSPS) is 26.0. The molecule has 2 saturated carbocycles. The molecule has 2 aromatic carbocycles. The molecule has 4 aliphatic rings. The van der Waals surface area contributed by atoms with Gasteiger partial charge in [0, 0.05) is 68.5 Å². The lowest BCUT2D eigenvalue weighted by Crippen LogP contribution is -2.66. The average molecular weight is 692 g/mol. The van der Waals surface area contributed by atoms with E-state index in [1.54, 1.807) is 21.3 Å². The van der Waals surface area contributed by atoms with Gasteiger partial charge in [-0.05, 0) is 79.5 Å². The number of aliphatic carboxylic acids is 2. The molecule has 2 aliphatic heterocycles. The molecule has 3 fully saturated rings. The molecule has 6 unspecified atom stereocenters. The van der Waals surface area contributed by atoms with Gasteiger partial charge in [0.1, 0.15) is 5.78 Å². The van der Waals surface area contributed by atoms with Crippen molar-refractivity contribution in [1.82, 2.24) is 10.2 Å². The van der Waals surface area contributed by atoms with E-state index in [1.165, 1.54) is 16.7 Å². The van der Waals surface area contributed by atoms with Crippen molar-refractivity contribution in [2.75, 3.05) is 39.7 Å². The highest BCUT2D eigenvalue weighted by atomic mass is 16.5. The van der Waals surface area contributed by atoms with Crippen molar-refractivity contribution in [2.24, 2.45) is 17.8 Å². The van der Waals surface area contributed by atoms with Crippen molar-refractivity contribution in [1.29, 1.82) is 0 Å². The number of fused-ring (bicyclic) bond motifs is 3. The molecule has 0 aromatic heterocycles. The number of hydrogen-bond acceptors (Lipinski definition) is 9. The third-order valence-electron chi connectivity index (χ3n) is 10.6. The van der Waals surface area contributed by atoms with Gasteiger partial charge in [-0.3, -0.25) is 14.5 Å². The number of rotatable bonds is 10. The Morgan fingerprint density at radius 3 is 2.12 bits per heavy atom. The van der Waals surface area contributed by atoms with Gasteiger partial charge in [-0.25, -0.2) is 9.59 Å². The van der Waals surface area contributed by atoms with E-state index in [2.05, 4.69) is 39.8 Å². The third kappa shape index (κ3) is 8.90. The second-order valence-electron chi connectivity index (χ2n) is 13.5. The molecule has 50 heavy (non-hydrogen) atoms. The quantitative estimate of drug-likeness (QED) is 0.265. The summed E-state index contributed by atoms with van der Waals surface area (Å²) >= 11 is 0. The van der Waals surface area contributed by atoms with Crippen LogP contribution in [0.5, 0.6) is 11.5 Å². The maximum atomic E-state index is 13.5. The minimum Gasteiger partial charge on any atom is -0.493 e. The van der Waals surface area contributed by atoms with Crippen molar-refractivity contribution >= 4 is 29.3 Å². The number of anilines is 1. The lowest BCUT2D eigenvalue weighted by molar-refractivity contribution is -0.142. The molecule has 12 heteroatoms. The molecular weight excluding hydrogens is 642 g/mol. The van der Waals surface area contributed by atoms with Crippen LogP contribution < -0.4 is 20.1 Å². The van der Waals surface area contributed by atoms with Crippen LogP contribution in [0.3, 0.4) is 0 Å². The van der Waals surface area contributed by atoms with Crippen LogP contribution in [0.25, 0.3) is 0 Å². The first kappa shape index (κ1) is 37.0. The zero-order valence-corrected chi connectivity index (χ0v) is 29.1. The number of amides is 1. The van der Waals surface area contributed by atoms with Gasteiger partial charge in [0.15, 0.2) is 11.5 Å². The highest BCUT2D eigenvalue weighted by Crippen LogP contribution is 2.41. The Balaban J connectivity index is 0.000000544. The number of piperidine rings is 1. The highest BCUT2D eigenvalue weighted by molar-refractivity contribution is 5.95. The van der Waals surface area contributed by atoms with E-state index in [0.29, 0.717) is 17.9 Å². The summed E-state index contributed by atoms with van der Waals surface area (Å²) in [6.45, 7) is 2.88. The molecule has 6 rings (SSSR count). The largest absolute Gasteiger partial charge is 0.493 e. The zero-order valence-electron chi connectivity index (χ0n) is 29.1. The number of carbonyl (C=O) groups is 4. The van der Waals surface area contributed by atoms with E-state index in [0.717, 1.165) is 88.2 Å². The molecule has 1 saturated heterocycles. The van der Waals surface area contributed by atoms with Crippen molar-refractivity contribution < 1.29 is 43.6 Å². The van der Waals surface area contributed by atoms with Gasteiger partial charge in [-0.1, -0.05) is 25.0 Å². The molecule has 0 spiro atoms. The average Bonchev–Trinajstić information content (AvgIpc) is 3.13. The molecular formula is C38H49N3O9. The number of hydrogen-bond donors (Lipinski definition) is 4. The summed E-state index contributed by atoms with van der Waals surface area (Å²) in [5.74, 6) is -0.843. The van der Waals surface area contributed by atoms with Crippen LogP contribution in [0.15, 0.2) is 48.6 Å². The molecule has 12 nitrogen and oxygen atoms in total. The monoisotopic (exact) mass is 691 g/mol. The minimum absolute atomic E-state index is 0.0139. The summed E-state index contributed by atoms with van der Waals surface area (Å²) in [6.07, 6.45) is 8.61. The highest BCUT2D eigenvalue weighted by Gasteiger charge is 2.52. The lowest BCUT2D eigenvalue weighted by Gasteiger charge is -2.50. The number of Topliss-reactive ketones (excluding diaryl/α,β-unsaturated/α-hetero) is 1. The minimum atomic E-state index is -1.26. The SMILES string of the molecule is COc1cc2c(cc1OC)CN(CCc1ccc(NC(=O)C3CCCC4C(=O)C5CCCC(OC)C5NC34)cc1)CC2.O=C(O)C=CC(=O)O. The van der Waals surface area contributed by atoms with Crippen LogP contribution >= 0.6 is 0 Å². The van der Waals surface area contributed by atoms with Gasteiger partial charge in [-0.2, -0.15) is 0 Å². The molecule has 2 aromatic rings. The summed E-state index contributed by atoms with van der Waals surface area (Å²) in [7, 11) is 5.10. The fourth-order valence-electron chi connectivity index (χ4n) is 8.06. The van der Waals surface area contributed by atoms with E-state index < -0.39 is 11.9 Å². The maximum absolute atomic E-state index is 13.5. The summed E-state index contributed by atoms with van der Waals surface area (Å²) in [5, 5.41) is 22.5. The van der Waals surface area contributed by atoms with Gasteiger partial charge in [0.2, 0.25) is 5.91 Å². The molecule has 2 heterocycles. The predicted molar refractivity (Wildman–Crippen MR) is 186 cm³/mol. The Kier molecular flexibility index (Phi) is 12.7. The van der Waals surface area contributed by atoms with Gasteiger partial charge in [0.25, 0.3) is 0 Å². The second kappa shape index (κ2) is 17.1. The fourth-order valence-corrected chi connectivity index (χ4v) is 8.06. The van der Waals surface area contributed by atoms with E-state index >= 15 is 0 Å². The molecule has 0 radical (unpaired) electrons. The number of carboxylic acid groups (broad SMARTS) is 2. The Morgan fingerprint density at radius 2 is 1.50 bits per heavy atom.